The molecule has 2 amide bonds. The second-order valence-electron chi connectivity index (χ2n) is 8.05. The van der Waals surface area contributed by atoms with Gasteiger partial charge in [0.2, 0.25) is 11.8 Å². The third-order valence-corrected chi connectivity index (χ3v) is 5.57. The second-order valence-corrected chi connectivity index (χ2v) is 8.05. The highest BCUT2D eigenvalue weighted by molar-refractivity contribution is 5.88. The minimum Gasteiger partial charge on any atom is -0.497 e. The minimum absolute atomic E-state index is 0.0398. The first kappa shape index (κ1) is 24.4. The van der Waals surface area contributed by atoms with Gasteiger partial charge >= 0.3 is 0 Å². The molecule has 0 aromatic heterocycles. The van der Waals surface area contributed by atoms with Crippen LogP contribution in [0.2, 0.25) is 0 Å². The van der Waals surface area contributed by atoms with Crippen LogP contribution in [-0.4, -0.2) is 36.4 Å². The van der Waals surface area contributed by atoms with E-state index in [0.29, 0.717) is 19.5 Å². The fraction of sp³-hybridized carbons (Fsp3) is 0.462. The van der Waals surface area contributed by atoms with Crippen LogP contribution >= 0.6 is 0 Å². The van der Waals surface area contributed by atoms with Gasteiger partial charge in [-0.15, -0.1) is 0 Å². The van der Waals surface area contributed by atoms with Crippen LogP contribution < -0.4 is 10.1 Å². The number of nitrogens with one attached hydrogen (secondary N) is 1. The summed E-state index contributed by atoms with van der Waals surface area (Å²) in [6.45, 7) is 9.10. The van der Waals surface area contributed by atoms with Gasteiger partial charge in [0.25, 0.3) is 0 Å². The van der Waals surface area contributed by atoms with Crippen molar-refractivity contribution >= 4 is 11.8 Å². The molecule has 5 nitrogen and oxygen atoms in total. The molecule has 0 spiro atoms. The van der Waals surface area contributed by atoms with Crippen LogP contribution in [0.15, 0.2) is 42.5 Å². The maximum atomic E-state index is 13.5. The maximum Gasteiger partial charge on any atom is 0.242 e. The molecule has 0 unspecified atom stereocenters. The monoisotopic (exact) mass is 424 g/mol. The average molecular weight is 425 g/mol. The zero-order valence-electron chi connectivity index (χ0n) is 19.5. The molecule has 0 fully saturated rings. The van der Waals surface area contributed by atoms with Crippen LogP contribution in [0.3, 0.4) is 0 Å². The molecule has 0 aliphatic carbocycles. The molecule has 0 bridgehead atoms. The zero-order chi connectivity index (χ0) is 22.8. The number of ether oxygens (including phenoxy) is 1. The standard InChI is InChI=1S/C26H36N2O3/c1-6-8-15-27-26(30)24(7-2)28(18-21-11-13-23(31-5)14-12-21)25(29)17-22-16-19(3)9-10-20(22)4/h9-14,16,24H,6-8,15,17-18H2,1-5H3,(H,27,30)/t24-/m1/s1. The highest BCUT2D eigenvalue weighted by atomic mass is 16.5. The largest absolute Gasteiger partial charge is 0.497 e. The third-order valence-electron chi connectivity index (χ3n) is 5.57. The molecule has 2 aromatic carbocycles. The Morgan fingerprint density at radius 3 is 2.39 bits per heavy atom. The van der Waals surface area contributed by atoms with E-state index in [9.17, 15) is 9.59 Å². The highest BCUT2D eigenvalue weighted by Crippen LogP contribution is 2.19. The predicted octanol–water partition coefficient (Wildman–Crippen LogP) is 4.58. The van der Waals surface area contributed by atoms with E-state index in [2.05, 4.69) is 24.4 Å². The van der Waals surface area contributed by atoms with Gasteiger partial charge < -0.3 is 15.0 Å². The van der Waals surface area contributed by atoms with E-state index in [4.69, 9.17) is 4.74 Å². The van der Waals surface area contributed by atoms with Gasteiger partial charge in [-0.1, -0.05) is 56.2 Å². The van der Waals surface area contributed by atoms with E-state index in [1.807, 2.05) is 51.1 Å². The molecule has 31 heavy (non-hydrogen) atoms. The summed E-state index contributed by atoms with van der Waals surface area (Å²) in [7, 11) is 1.63. The lowest BCUT2D eigenvalue weighted by Crippen LogP contribution is -2.49. The van der Waals surface area contributed by atoms with E-state index in [1.54, 1.807) is 12.0 Å². The Labute approximate surface area is 186 Å². The summed E-state index contributed by atoms with van der Waals surface area (Å²) in [6.07, 6.45) is 2.78. The molecule has 1 atom stereocenters. The zero-order valence-corrected chi connectivity index (χ0v) is 19.5. The Morgan fingerprint density at radius 1 is 1.06 bits per heavy atom. The Morgan fingerprint density at radius 2 is 1.77 bits per heavy atom. The normalized spacial score (nSPS) is 11.6. The SMILES string of the molecule is CCCCNC(=O)[C@@H](CC)N(Cc1ccc(OC)cc1)C(=O)Cc1cc(C)ccc1C. The number of nitrogens with zero attached hydrogens (tertiary/aromatic N) is 1. The van der Waals surface area contributed by atoms with Crippen LogP contribution in [0.4, 0.5) is 0 Å². The molecule has 0 aliphatic rings. The van der Waals surface area contributed by atoms with Gasteiger partial charge in [-0.05, 0) is 55.5 Å². The van der Waals surface area contributed by atoms with Crippen molar-refractivity contribution < 1.29 is 14.3 Å². The Hall–Kier alpha value is -2.82. The van der Waals surface area contributed by atoms with Gasteiger partial charge in [-0.3, -0.25) is 9.59 Å². The lowest BCUT2D eigenvalue weighted by molar-refractivity contribution is -0.140. The smallest absolute Gasteiger partial charge is 0.242 e. The van der Waals surface area contributed by atoms with Crippen molar-refractivity contribution in [2.45, 2.75) is 66.0 Å². The van der Waals surface area contributed by atoms with Gasteiger partial charge in [0, 0.05) is 13.1 Å². The number of amides is 2. The van der Waals surface area contributed by atoms with Crippen LogP contribution in [0, 0.1) is 13.8 Å². The second kappa shape index (κ2) is 12.1. The number of hydrogen-bond donors (Lipinski definition) is 1. The molecular weight excluding hydrogens is 388 g/mol. The number of rotatable bonds is 11. The van der Waals surface area contributed by atoms with Crippen LogP contribution in [0.25, 0.3) is 0 Å². The Bertz CT molecular complexity index is 861. The van der Waals surface area contributed by atoms with Gasteiger partial charge in [-0.2, -0.15) is 0 Å². The molecule has 0 radical (unpaired) electrons. The summed E-state index contributed by atoms with van der Waals surface area (Å²) >= 11 is 0. The predicted molar refractivity (Wildman–Crippen MR) is 125 cm³/mol. The number of carbonyl (C=O) groups is 2. The average Bonchev–Trinajstić information content (AvgIpc) is 2.76. The van der Waals surface area contributed by atoms with Crippen molar-refractivity contribution in [3.8, 4) is 5.75 Å². The molecule has 0 saturated heterocycles. The van der Waals surface area contributed by atoms with Crippen molar-refractivity contribution in [2.24, 2.45) is 0 Å². The molecule has 168 valence electrons. The topological polar surface area (TPSA) is 58.6 Å². The third kappa shape index (κ3) is 7.12. The molecule has 0 saturated carbocycles. The number of benzene rings is 2. The van der Waals surface area contributed by atoms with Gasteiger partial charge in [0.15, 0.2) is 0 Å². The molecule has 1 N–H and O–H groups in total. The summed E-state index contributed by atoms with van der Waals surface area (Å²) in [6, 6.07) is 13.3. The summed E-state index contributed by atoms with van der Waals surface area (Å²) in [5.74, 6) is 0.641. The first-order valence-electron chi connectivity index (χ1n) is 11.2. The van der Waals surface area contributed by atoms with E-state index < -0.39 is 6.04 Å². The molecule has 5 heteroatoms. The molecule has 2 rings (SSSR count). The van der Waals surface area contributed by atoms with E-state index >= 15 is 0 Å². The number of methoxy groups -OCH3 is 1. The first-order valence-corrected chi connectivity index (χ1v) is 11.2. The quantitative estimate of drug-likeness (QED) is 0.537. The van der Waals surface area contributed by atoms with Crippen LogP contribution in [0.1, 0.15) is 55.4 Å². The summed E-state index contributed by atoms with van der Waals surface area (Å²) < 4.78 is 5.24. The van der Waals surface area contributed by atoms with E-state index in [0.717, 1.165) is 40.8 Å². The lowest BCUT2D eigenvalue weighted by atomic mass is 10.0. The van der Waals surface area contributed by atoms with Crippen LogP contribution in [0.5, 0.6) is 5.75 Å². The summed E-state index contributed by atoms with van der Waals surface area (Å²) in [5, 5.41) is 3.01. The number of hydrogen-bond acceptors (Lipinski definition) is 3. The number of aryl methyl sites for hydroxylation is 2. The highest BCUT2D eigenvalue weighted by Gasteiger charge is 2.28. The van der Waals surface area contributed by atoms with Gasteiger partial charge in [-0.25, -0.2) is 0 Å². The van der Waals surface area contributed by atoms with Crippen molar-refractivity contribution in [1.82, 2.24) is 10.2 Å². The number of carbonyl (C=O) groups excluding carboxylic acids is 2. The fourth-order valence-electron chi connectivity index (χ4n) is 3.61. The van der Waals surface area contributed by atoms with E-state index in [-0.39, 0.29) is 18.2 Å². The van der Waals surface area contributed by atoms with Crippen molar-refractivity contribution in [2.75, 3.05) is 13.7 Å². The number of unbranched alkanes of at least 4 members (excludes halogenated alkanes) is 1. The molecule has 0 heterocycles. The van der Waals surface area contributed by atoms with Gasteiger partial charge in [0.05, 0.1) is 13.5 Å². The van der Waals surface area contributed by atoms with Crippen LogP contribution in [-0.2, 0) is 22.6 Å². The van der Waals surface area contributed by atoms with E-state index in [1.165, 1.54) is 0 Å². The summed E-state index contributed by atoms with van der Waals surface area (Å²) in [5.41, 5.74) is 4.18. The van der Waals surface area contributed by atoms with Gasteiger partial charge in [0.1, 0.15) is 11.8 Å². The molecule has 2 aromatic rings. The van der Waals surface area contributed by atoms with Crippen molar-refractivity contribution in [1.29, 1.82) is 0 Å². The Kier molecular flexibility index (Phi) is 9.57. The lowest BCUT2D eigenvalue weighted by Gasteiger charge is -2.31. The van der Waals surface area contributed by atoms with Crippen molar-refractivity contribution in [3.63, 3.8) is 0 Å². The first-order chi connectivity index (χ1) is 14.9. The molecule has 0 aliphatic heterocycles. The molecular formula is C26H36N2O3. The fourth-order valence-corrected chi connectivity index (χ4v) is 3.61. The summed E-state index contributed by atoms with van der Waals surface area (Å²) in [4.78, 5) is 28.1. The Balaban J connectivity index is 2.28. The minimum atomic E-state index is -0.503. The van der Waals surface area contributed by atoms with Crippen molar-refractivity contribution in [3.05, 3.63) is 64.7 Å². The maximum absolute atomic E-state index is 13.5.